The summed E-state index contributed by atoms with van der Waals surface area (Å²) in [7, 11) is 0. The van der Waals surface area contributed by atoms with Crippen LogP contribution in [0.2, 0.25) is 0 Å². The normalized spacial score (nSPS) is 11.3. The van der Waals surface area contributed by atoms with Crippen LogP contribution in [0.25, 0.3) is 21.9 Å². The summed E-state index contributed by atoms with van der Waals surface area (Å²) in [5.74, 6) is 1.29. The molecule has 14 nitrogen and oxygen atoms in total. The monoisotopic (exact) mass is 789 g/mol. The van der Waals surface area contributed by atoms with E-state index in [1.54, 1.807) is 6.20 Å². The van der Waals surface area contributed by atoms with Crippen LogP contribution in [0.5, 0.6) is 5.75 Å². The van der Waals surface area contributed by atoms with Gasteiger partial charge in [-0.05, 0) is 72.0 Å². The summed E-state index contributed by atoms with van der Waals surface area (Å²) in [5.41, 5.74) is 9.68. The Morgan fingerprint density at radius 1 is 0.807 bits per heavy atom. The molecule has 14 heteroatoms. The van der Waals surface area contributed by atoms with Gasteiger partial charge in [0.1, 0.15) is 18.2 Å². The van der Waals surface area contributed by atoms with Gasteiger partial charge in [-0.1, -0.05) is 61.5 Å². The Hall–Kier alpha value is -5.12. The number of carboxylic acid groups (broad SMARTS) is 1. The zero-order valence-corrected chi connectivity index (χ0v) is 33.2. The highest BCUT2D eigenvalue weighted by Gasteiger charge is 2.15. The van der Waals surface area contributed by atoms with Gasteiger partial charge in [0.2, 0.25) is 11.8 Å². The maximum absolute atomic E-state index is 12.8. The number of fused-ring (bicyclic) bond motifs is 1. The smallest absolute Gasteiger partial charge is 0.290 e. The van der Waals surface area contributed by atoms with Crippen LogP contribution in [-0.2, 0) is 33.3 Å². The molecule has 0 aliphatic carbocycles. The zero-order valence-electron chi connectivity index (χ0n) is 33.2. The van der Waals surface area contributed by atoms with Gasteiger partial charge in [-0.3, -0.25) is 14.4 Å². The minimum absolute atomic E-state index is 0.0524. The van der Waals surface area contributed by atoms with Crippen LogP contribution in [0.15, 0.2) is 79.0 Å². The number of rotatable bonds is 27. The standard InChI is InChI=1S/C42H57N5O7.CH2O2/c1-3-38(47-42(49)31-46-41(48)10-6-7-19-44-40-30-32(2)17-20-45-40)34-13-11-33(12-14-34)35-15-16-39(37-9-5-4-8-36(35)37)54-29-28-53-27-26-52-25-24-51-23-22-50-21-18-43;2-1-3/h4-5,8-9,11-17,20,30,38H,3,6-7,10,18-19,21-29,31,43H2,1-2H3,(H,44,45)(H,46,48)(H,47,49);1H,(H,2,3). The Balaban J connectivity index is 0.00000281. The maximum atomic E-state index is 12.8. The van der Waals surface area contributed by atoms with Crippen molar-refractivity contribution in [1.29, 1.82) is 0 Å². The average molecular weight is 790 g/mol. The molecule has 1 aromatic heterocycles. The van der Waals surface area contributed by atoms with Crippen LogP contribution in [0.3, 0.4) is 0 Å². The highest BCUT2D eigenvalue weighted by atomic mass is 16.6. The van der Waals surface area contributed by atoms with E-state index in [4.69, 9.17) is 39.3 Å². The van der Waals surface area contributed by atoms with Crippen molar-refractivity contribution in [2.45, 2.75) is 45.6 Å². The van der Waals surface area contributed by atoms with E-state index < -0.39 is 0 Å². The van der Waals surface area contributed by atoms with Gasteiger partial charge in [0.25, 0.3) is 6.47 Å². The van der Waals surface area contributed by atoms with E-state index in [2.05, 4.69) is 63.4 Å². The fourth-order valence-corrected chi connectivity index (χ4v) is 5.79. The van der Waals surface area contributed by atoms with Crippen LogP contribution < -0.4 is 26.4 Å². The molecule has 0 spiro atoms. The van der Waals surface area contributed by atoms with E-state index in [1.807, 2.05) is 44.2 Å². The van der Waals surface area contributed by atoms with E-state index in [0.717, 1.165) is 70.4 Å². The lowest BCUT2D eigenvalue weighted by Gasteiger charge is -2.19. The molecule has 0 aliphatic rings. The van der Waals surface area contributed by atoms with Crippen molar-refractivity contribution in [3.8, 4) is 16.9 Å². The Labute approximate surface area is 335 Å². The molecule has 1 unspecified atom stereocenters. The molecular weight excluding hydrogens is 730 g/mol. The summed E-state index contributed by atoms with van der Waals surface area (Å²) >= 11 is 0. The second kappa shape index (κ2) is 28.3. The van der Waals surface area contributed by atoms with Crippen LogP contribution in [0.4, 0.5) is 5.82 Å². The van der Waals surface area contributed by atoms with Crippen LogP contribution >= 0.6 is 0 Å². The number of benzene rings is 3. The van der Waals surface area contributed by atoms with Gasteiger partial charge in [0.15, 0.2) is 0 Å². The number of carbonyl (C=O) groups excluding carboxylic acids is 2. The second-order valence-corrected chi connectivity index (χ2v) is 12.9. The van der Waals surface area contributed by atoms with E-state index >= 15 is 0 Å². The number of pyridine rings is 1. The summed E-state index contributed by atoms with van der Waals surface area (Å²) < 4.78 is 28.0. The first-order valence-corrected chi connectivity index (χ1v) is 19.5. The predicted molar refractivity (Wildman–Crippen MR) is 221 cm³/mol. The van der Waals surface area contributed by atoms with Crippen molar-refractivity contribution in [1.82, 2.24) is 15.6 Å². The molecule has 0 saturated heterocycles. The summed E-state index contributed by atoms with van der Waals surface area (Å²) in [4.78, 5) is 37.7. The molecule has 57 heavy (non-hydrogen) atoms. The molecule has 0 bridgehead atoms. The first kappa shape index (κ1) is 46.3. The number of aromatic nitrogens is 1. The highest BCUT2D eigenvalue weighted by molar-refractivity contribution is 6.00. The number of ether oxygens (including phenoxy) is 5. The largest absolute Gasteiger partial charge is 0.491 e. The number of anilines is 1. The topological polar surface area (TPSA) is 193 Å². The third kappa shape index (κ3) is 18.1. The van der Waals surface area contributed by atoms with Crippen molar-refractivity contribution in [2.75, 3.05) is 84.4 Å². The molecule has 2 amide bonds. The SMILES string of the molecule is CCC(NC(=O)CNC(=O)CCCCNc1cc(C)ccn1)c1ccc(-c2ccc(OCCOCCOCCOCCOCCN)c3ccccc23)cc1.O=CO. The van der Waals surface area contributed by atoms with Crippen LogP contribution in [0.1, 0.15) is 49.8 Å². The minimum atomic E-state index is -0.250. The summed E-state index contributed by atoms with van der Waals surface area (Å²) in [6.45, 7) is 9.44. The highest BCUT2D eigenvalue weighted by Crippen LogP contribution is 2.35. The van der Waals surface area contributed by atoms with E-state index in [-0.39, 0.29) is 30.9 Å². The quantitative estimate of drug-likeness (QED) is 0.0389. The number of nitrogens with one attached hydrogen (secondary N) is 3. The van der Waals surface area contributed by atoms with Gasteiger partial charge in [-0.2, -0.15) is 0 Å². The van der Waals surface area contributed by atoms with Crippen LogP contribution in [-0.4, -0.2) is 107 Å². The molecule has 4 aromatic rings. The second-order valence-electron chi connectivity index (χ2n) is 12.9. The average Bonchev–Trinajstić information content (AvgIpc) is 3.22. The van der Waals surface area contributed by atoms with Gasteiger partial charge in [0.05, 0.1) is 65.4 Å². The molecule has 0 radical (unpaired) electrons. The molecule has 0 saturated carbocycles. The number of nitrogens with zero attached hydrogens (tertiary/aromatic N) is 1. The molecule has 6 N–H and O–H groups in total. The Kier molecular flexibility index (Phi) is 23.0. The number of carbonyl (C=O) groups is 3. The number of aryl methyl sites for hydroxylation is 1. The lowest BCUT2D eigenvalue weighted by molar-refractivity contribution is -0.126. The third-order valence-electron chi connectivity index (χ3n) is 8.61. The molecule has 1 atom stereocenters. The number of amides is 2. The lowest BCUT2D eigenvalue weighted by Crippen LogP contribution is -2.38. The predicted octanol–water partition coefficient (Wildman–Crippen LogP) is 5.28. The molecule has 0 aliphatic heterocycles. The van der Waals surface area contributed by atoms with Crippen molar-refractivity contribution in [3.63, 3.8) is 0 Å². The fraction of sp³-hybridized carbons (Fsp3) is 0.442. The lowest BCUT2D eigenvalue weighted by atomic mass is 9.95. The van der Waals surface area contributed by atoms with Crippen LogP contribution in [0, 0.1) is 6.92 Å². The van der Waals surface area contributed by atoms with Gasteiger partial charge in [-0.15, -0.1) is 0 Å². The van der Waals surface area contributed by atoms with Crippen molar-refractivity contribution < 1.29 is 43.2 Å². The molecule has 0 fully saturated rings. The van der Waals surface area contributed by atoms with Crippen molar-refractivity contribution in [2.24, 2.45) is 5.73 Å². The molecular formula is C43H59N5O9. The third-order valence-corrected chi connectivity index (χ3v) is 8.61. The molecule has 1 heterocycles. The van der Waals surface area contributed by atoms with E-state index in [1.165, 1.54) is 0 Å². The summed E-state index contributed by atoms with van der Waals surface area (Å²) in [6.07, 6.45) is 4.41. The number of hydrogen-bond donors (Lipinski definition) is 5. The number of hydrogen-bond acceptors (Lipinski definition) is 11. The first-order valence-electron chi connectivity index (χ1n) is 19.5. The van der Waals surface area contributed by atoms with E-state index in [9.17, 15) is 9.59 Å². The first-order chi connectivity index (χ1) is 27.9. The minimum Gasteiger partial charge on any atom is -0.491 e. The Morgan fingerprint density at radius 2 is 1.44 bits per heavy atom. The number of unbranched alkanes of at least 4 members (excludes halogenated alkanes) is 1. The fourth-order valence-electron chi connectivity index (χ4n) is 5.79. The van der Waals surface area contributed by atoms with Gasteiger partial charge in [0, 0.05) is 31.1 Å². The van der Waals surface area contributed by atoms with Gasteiger partial charge >= 0.3 is 0 Å². The van der Waals surface area contributed by atoms with Gasteiger partial charge in [-0.25, -0.2) is 4.98 Å². The van der Waals surface area contributed by atoms with E-state index in [0.29, 0.717) is 72.4 Å². The number of nitrogens with two attached hydrogens (primary N) is 1. The summed E-state index contributed by atoms with van der Waals surface area (Å²) in [6, 6.07) is 24.3. The van der Waals surface area contributed by atoms with Crippen molar-refractivity contribution in [3.05, 3.63) is 90.1 Å². The zero-order chi connectivity index (χ0) is 40.9. The van der Waals surface area contributed by atoms with Gasteiger partial charge < -0.3 is 50.5 Å². The Morgan fingerprint density at radius 3 is 2.07 bits per heavy atom. The molecule has 3 aromatic carbocycles. The Bertz CT molecular complexity index is 1740. The molecule has 4 rings (SSSR count). The summed E-state index contributed by atoms with van der Waals surface area (Å²) in [5, 5.41) is 18.1. The molecule has 310 valence electrons. The van der Waals surface area contributed by atoms with Crippen molar-refractivity contribution >= 4 is 34.9 Å². The maximum Gasteiger partial charge on any atom is 0.290 e.